The van der Waals surface area contributed by atoms with Gasteiger partial charge < -0.3 is 125 Å². The zero-order valence-electron chi connectivity index (χ0n) is 34.5. The van der Waals surface area contributed by atoms with Crippen LogP contribution < -0.4 is 10.6 Å². The minimum Gasteiger partial charge on any atom is -0.394 e. The lowest BCUT2D eigenvalue weighted by atomic mass is 9.82. The fraction of sp³-hybridized carbons (Fsp3) is 0.944. The molecular formula is C36H62N2O25. The van der Waals surface area contributed by atoms with Crippen molar-refractivity contribution in [3.63, 3.8) is 0 Å². The number of rotatable bonds is 16. The number of aliphatic hydroxyl groups is 14. The summed E-state index contributed by atoms with van der Waals surface area (Å²) in [4.78, 5) is 24.6. The molecule has 24 atom stereocenters. The smallest absolute Gasteiger partial charge is 0.217 e. The third kappa shape index (κ3) is 11.1. The van der Waals surface area contributed by atoms with Crippen molar-refractivity contribution in [1.29, 1.82) is 0 Å². The Bertz CT molecular complexity index is 1470. The van der Waals surface area contributed by atoms with Crippen LogP contribution in [-0.4, -0.2) is 270 Å². The molecule has 5 saturated heterocycles. The average Bonchev–Trinajstić information content (AvgIpc) is 3.25. The molecule has 5 aliphatic heterocycles. The number of hydrogen-bond acceptors (Lipinski definition) is 25. The number of nitrogens with one attached hydrogen (secondary N) is 2. The Hall–Kier alpha value is -1.98. The number of amides is 2. The first-order chi connectivity index (χ1) is 29.8. The zero-order chi connectivity index (χ0) is 46.7. The molecule has 0 aromatic rings. The number of hydrogen-bond donors (Lipinski definition) is 16. The van der Waals surface area contributed by atoms with Crippen molar-refractivity contribution in [1.82, 2.24) is 10.6 Å². The van der Waals surface area contributed by atoms with Gasteiger partial charge in [-0.25, -0.2) is 0 Å². The second-order valence-corrected chi connectivity index (χ2v) is 16.2. The molecule has 0 aliphatic carbocycles. The van der Waals surface area contributed by atoms with Crippen LogP contribution in [0, 0.1) is 0 Å². The molecule has 0 aromatic carbocycles. The number of carbonyl (C=O) groups excluding carboxylic acids is 2. The van der Waals surface area contributed by atoms with Crippen LogP contribution in [0.2, 0.25) is 0 Å². The van der Waals surface area contributed by atoms with Gasteiger partial charge >= 0.3 is 0 Å². The summed E-state index contributed by atoms with van der Waals surface area (Å²) in [6.45, 7) is -0.488. The van der Waals surface area contributed by atoms with Crippen LogP contribution in [0.5, 0.6) is 0 Å². The van der Waals surface area contributed by atoms with E-state index >= 15 is 0 Å². The van der Waals surface area contributed by atoms with Gasteiger partial charge in [-0.2, -0.15) is 0 Å². The van der Waals surface area contributed by atoms with Gasteiger partial charge in [-0.3, -0.25) is 9.59 Å². The molecule has 27 nitrogen and oxygen atoms in total. The van der Waals surface area contributed by atoms with Crippen LogP contribution in [0.1, 0.15) is 27.2 Å². The van der Waals surface area contributed by atoms with Crippen LogP contribution in [-0.2, 0) is 52.2 Å². The van der Waals surface area contributed by atoms with Crippen molar-refractivity contribution in [2.45, 2.75) is 174 Å². The van der Waals surface area contributed by atoms with E-state index in [-0.39, 0.29) is 13.0 Å². The summed E-state index contributed by atoms with van der Waals surface area (Å²) < 4.78 is 51.7. The summed E-state index contributed by atoms with van der Waals surface area (Å²) in [5.74, 6) is -1.28. The lowest BCUT2D eigenvalue weighted by molar-refractivity contribution is -0.383. The van der Waals surface area contributed by atoms with Gasteiger partial charge in [0.1, 0.15) is 116 Å². The van der Waals surface area contributed by atoms with E-state index < -0.39 is 191 Å². The van der Waals surface area contributed by atoms with Crippen molar-refractivity contribution < 1.29 is 124 Å². The average molecular weight is 923 g/mol. The maximum Gasteiger partial charge on any atom is 0.217 e. The standard InChI is InChI=1S/C36H62N2O25/c1-4-36(38-12(3)44)10-56-15(7-41)29(31(36)54)62-32-18(37-11(2)43)22(48)28(16(8-42)59-32)61-35-27(53)30(63-34-26(52)24(50)20(46)14(6-40)58-34)21(47)17(60-35)9-55-33-25(51)23(49)19(45)13(5-39)57-33/h13-35,39-42,45-54H,4-10H2,1-3H3,(H,37,43)(H,38,44)/t13?,14?,15?,16?,17?,18?,19-,20-,21-,22?,23?,24?,25?,26?,27?,28-,29-,30?,31?,32?,33+,34?,35+,36?/m1/s1. The molecule has 0 bridgehead atoms. The minimum absolute atomic E-state index is 0.123. The number of carbonyl (C=O) groups is 2. The minimum atomic E-state index is -2.16. The van der Waals surface area contributed by atoms with Crippen LogP contribution in [0.4, 0.5) is 0 Å². The Kier molecular flexibility index (Phi) is 18.3. The molecule has 0 radical (unpaired) electrons. The molecule has 5 fully saturated rings. The van der Waals surface area contributed by atoms with Crippen molar-refractivity contribution in [2.24, 2.45) is 0 Å². The molecule has 0 saturated carbocycles. The van der Waals surface area contributed by atoms with E-state index in [1.165, 1.54) is 6.92 Å². The van der Waals surface area contributed by atoms with E-state index in [0.29, 0.717) is 0 Å². The second-order valence-electron chi connectivity index (χ2n) is 16.2. The van der Waals surface area contributed by atoms with Crippen molar-refractivity contribution in [3.05, 3.63) is 0 Å². The Balaban J connectivity index is 1.42. The Labute approximate surface area is 359 Å². The summed E-state index contributed by atoms with van der Waals surface area (Å²) in [6.07, 6.45) is -39.3. The fourth-order valence-corrected chi connectivity index (χ4v) is 8.22. The lowest BCUT2D eigenvalue weighted by Gasteiger charge is -2.51. The number of aliphatic hydroxyl groups excluding tert-OH is 14. The van der Waals surface area contributed by atoms with E-state index in [4.69, 9.17) is 42.6 Å². The first-order valence-electron chi connectivity index (χ1n) is 20.4. The third-order valence-corrected chi connectivity index (χ3v) is 11.9. The van der Waals surface area contributed by atoms with Gasteiger partial charge in [0.05, 0.1) is 45.2 Å². The molecule has 63 heavy (non-hydrogen) atoms. The maximum absolute atomic E-state index is 12.5. The Morgan fingerprint density at radius 1 is 0.540 bits per heavy atom. The van der Waals surface area contributed by atoms with Gasteiger partial charge in [0.2, 0.25) is 11.8 Å². The van der Waals surface area contributed by atoms with Gasteiger partial charge in [0.15, 0.2) is 25.2 Å². The molecule has 0 aromatic heterocycles. The predicted molar refractivity (Wildman–Crippen MR) is 198 cm³/mol. The summed E-state index contributed by atoms with van der Waals surface area (Å²) >= 11 is 0. The highest BCUT2D eigenvalue weighted by atomic mass is 16.8. The highest BCUT2D eigenvalue weighted by molar-refractivity contribution is 5.74. The van der Waals surface area contributed by atoms with Crippen LogP contribution >= 0.6 is 0 Å². The molecule has 16 N–H and O–H groups in total. The monoisotopic (exact) mass is 922 g/mol. The predicted octanol–water partition coefficient (Wildman–Crippen LogP) is -10.2. The van der Waals surface area contributed by atoms with Crippen LogP contribution in [0.3, 0.4) is 0 Å². The topological polar surface area (TPSA) is 424 Å². The largest absolute Gasteiger partial charge is 0.394 e. The van der Waals surface area contributed by atoms with E-state index in [2.05, 4.69) is 10.6 Å². The van der Waals surface area contributed by atoms with Crippen molar-refractivity contribution in [2.75, 3.05) is 39.6 Å². The van der Waals surface area contributed by atoms with Gasteiger partial charge in [-0.15, -0.1) is 0 Å². The van der Waals surface area contributed by atoms with Crippen molar-refractivity contribution in [3.8, 4) is 0 Å². The summed E-state index contributed by atoms with van der Waals surface area (Å²) in [6, 6.07) is -1.63. The zero-order valence-corrected chi connectivity index (χ0v) is 34.5. The fourth-order valence-electron chi connectivity index (χ4n) is 8.22. The molecule has 27 heteroatoms. The molecule has 366 valence electrons. The first-order valence-corrected chi connectivity index (χ1v) is 20.4. The molecule has 17 unspecified atom stereocenters. The quantitative estimate of drug-likeness (QED) is 0.0683. The van der Waals surface area contributed by atoms with Gasteiger partial charge in [0, 0.05) is 13.8 Å². The summed E-state index contributed by atoms with van der Waals surface area (Å²) in [7, 11) is 0. The molecule has 2 amide bonds. The van der Waals surface area contributed by atoms with Crippen LogP contribution in [0.25, 0.3) is 0 Å². The summed E-state index contributed by atoms with van der Waals surface area (Å²) in [5.41, 5.74) is -1.42. The van der Waals surface area contributed by atoms with Gasteiger partial charge in [0.25, 0.3) is 0 Å². The van der Waals surface area contributed by atoms with Gasteiger partial charge in [-0.05, 0) is 6.42 Å². The van der Waals surface area contributed by atoms with E-state index in [1.807, 2.05) is 0 Å². The first kappa shape index (κ1) is 52.0. The summed E-state index contributed by atoms with van der Waals surface area (Å²) in [5, 5.41) is 154. The molecule has 0 spiro atoms. The molecular weight excluding hydrogens is 860 g/mol. The van der Waals surface area contributed by atoms with Crippen LogP contribution in [0.15, 0.2) is 0 Å². The third-order valence-electron chi connectivity index (χ3n) is 11.9. The van der Waals surface area contributed by atoms with Gasteiger partial charge in [-0.1, -0.05) is 6.92 Å². The molecule has 5 rings (SSSR count). The number of ether oxygens (including phenoxy) is 9. The van der Waals surface area contributed by atoms with E-state index in [9.17, 15) is 81.1 Å². The normalized spacial score (nSPS) is 48.4. The lowest BCUT2D eigenvalue weighted by Crippen LogP contribution is -2.72. The molecule has 5 heterocycles. The second kappa shape index (κ2) is 22.2. The molecule has 5 aliphatic rings. The highest BCUT2D eigenvalue weighted by Gasteiger charge is 2.57. The maximum atomic E-state index is 12.5. The van der Waals surface area contributed by atoms with E-state index in [0.717, 1.165) is 6.92 Å². The SMILES string of the molecule is CCC1(NC(C)=O)COC(CO)[C@@H](OC2OC(CO)[C@@H](O[C@@H]3OC(CO[C@H]4OC(CO)[C@@H](O)C(O)C4O)[C@@H](O)C(OC4OC(CO)[C@@H](O)C(O)C4O)C3O)C(O)C2NC(C)=O)C1O. The van der Waals surface area contributed by atoms with Crippen molar-refractivity contribution >= 4 is 11.8 Å². The Morgan fingerprint density at radius 3 is 1.57 bits per heavy atom. The Morgan fingerprint density at radius 2 is 1.03 bits per heavy atom. The van der Waals surface area contributed by atoms with E-state index in [1.54, 1.807) is 6.92 Å². The highest BCUT2D eigenvalue weighted by Crippen LogP contribution is 2.36.